The summed E-state index contributed by atoms with van der Waals surface area (Å²) in [6.45, 7) is 0.120. The summed E-state index contributed by atoms with van der Waals surface area (Å²) < 4.78 is 7.21. The first-order chi connectivity index (χ1) is 37.2. The van der Waals surface area contributed by atoms with Crippen molar-refractivity contribution in [2.24, 2.45) is 0 Å². The maximum absolute atomic E-state index is 7.21. The van der Waals surface area contributed by atoms with Crippen LogP contribution in [0.15, 0.2) is 254 Å². The number of hydrogen-bond acceptors (Lipinski definition) is 6. The second-order valence-corrected chi connectivity index (χ2v) is 23.8. The fraction of sp³-hybridized carbons (Fsp3) is 0. The van der Waals surface area contributed by atoms with Gasteiger partial charge in [0.25, 0.3) is 6.71 Å². The highest BCUT2D eigenvalue weighted by Crippen LogP contribution is 2.49. The average molecular weight is 1000 g/mol. The highest BCUT2D eigenvalue weighted by molar-refractivity contribution is 8.00. The van der Waals surface area contributed by atoms with Gasteiger partial charge in [-0.1, -0.05) is 179 Å². The van der Waals surface area contributed by atoms with Crippen molar-refractivity contribution in [2.45, 2.75) is 29.4 Å². The van der Waals surface area contributed by atoms with Gasteiger partial charge in [0.2, 0.25) is 13.4 Å². The number of benzene rings is 12. The van der Waals surface area contributed by atoms with Crippen molar-refractivity contribution in [3.8, 4) is 11.5 Å². The van der Waals surface area contributed by atoms with Crippen LogP contribution in [0.3, 0.4) is 0 Å². The Morgan fingerprint density at radius 1 is 0.267 bits per heavy atom. The maximum atomic E-state index is 7.21. The van der Waals surface area contributed by atoms with Crippen LogP contribution in [0.4, 0.5) is 34.1 Å². The van der Waals surface area contributed by atoms with Crippen LogP contribution in [-0.4, -0.2) is 20.1 Å². The molecule has 6 heterocycles. The van der Waals surface area contributed by atoms with Gasteiger partial charge in [0.1, 0.15) is 11.5 Å². The fourth-order valence-electron chi connectivity index (χ4n) is 13.8. The van der Waals surface area contributed by atoms with E-state index in [1.807, 2.05) is 35.3 Å². The zero-order valence-corrected chi connectivity index (χ0v) is 42.6. The molecule has 0 radical (unpaired) electrons. The standard InChI is InChI=1S/C66H37B3N2OS3/c1-3-16-38(17-4-1)70-52-23-13-29-61-64(52)67(46-20-7-10-26-58(46)73-61)49-32-40-42-34-51-57(72-56-25-15-31-63-66(56)69(51)48-22-9-12-28-60(48)75-63)37-45(42)41-33-50-55(36-44(41)43(40)35-54(49)70)71(39-18-5-2-6-19-39)53-24-14-30-62-65(53)68(50)47-21-8-11-27-59(47)74-62/h1-37H. The first-order valence-corrected chi connectivity index (χ1v) is 28.3. The van der Waals surface area contributed by atoms with Gasteiger partial charge in [-0.05, 0) is 162 Å². The molecular formula is C66H37B3N2OS3. The summed E-state index contributed by atoms with van der Waals surface area (Å²) in [5.41, 5.74) is 19.2. The molecule has 75 heavy (non-hydrogen) atoms. The van der Waals surface area contributed by atoms with E-state index in [-0.39, 0.29) is 20.1 Å². The van der Waals surface area contributed by atoms with Gasteiger partial charge in [0.05, 0.1) is 0 Å². The predicted octanol–water partition coefficient (Wildman–Crippen LogP) is 11.8. The molecular weight excluding hydrogens is 965 g/mol. The van der Waals surface area contributed by atoms with Crippen LogP contribution in [0, 0.1) is 0 Å². The molecule has 0 saturated carbocycles. The number of fused-ring (bicyclic) bond motifs is 18. The largest absolute Gasteiger partial charge is 0.458 e. The molecule has 344 valence electrons. The van der Waals surface area contributed by atoms with E-state index in [9.17, 15) is 0 Å². The van der Waals surface area contributed by atoms with Gasteiger partial charge >= 0.3 is 0 Å². The molecule has 0 N–H and O–H groups in total. The minimum absolute atomic E-state index is 0.0320. The van der Waals surface area contributed by atoms with Crippen LogP contribution in [-0.2, 0) is 0 Å². The quantitative estimate of drug-likeness (QED) is 0.126. The first-order valence-electron chi connectivity index (χ1n) is 25.8. The summed E-state index contributed by atoms with van der Waals surface area (Å²) in [4.78, 5) is 12.9. The van der Waals surface area contributed by atoms with E-state index in [1.165, 1.54) is 134 Å². The number of para-hydroxylation sites is 2. The number of hydrogen-bond donors (Lipinski definition) is 0. The van der Waals surface area contributed by atoms with E-state index in [0.717, 1.165) is 22.9 Å². The molecule has 9 heteroatoms. The molecule has 0 unspecified atom stereocenters. The molecule has 3 nitrogen and oxygen atoms in total. The van der Waals surface area contributed by atoms with Crippen molar-refractivity contribution in [1.82, 2.24) is 0 Å². The number of anilines is 6. The molecule has 12 aromatic carbocycles. The van der Waals surface area contributed by atoms with Gasteiger partial charge in [-0.3, -0.25) is 0 Å². The maximum Gasteiger partial charge on any atom is 0.253 e. The molecule has 0 fully saturated rings. The highest BCUT2D eigenvalue weighted by atomic mass is 32.2. The topological polar surface area (TPSA) is 15.7 Å². The van der Waals surface area contributed by atoms with Crippen molar-refractivity contribution in [3.05, 3.63) is 224 Å². The third kappa shape index (κ3) is 5.65. The molecule has 18 rings (SSSR count). The molecule has 0 aliphatic carbocycles. The zero-order valence-electron chi connectivity index (χ0n) is 40.1. The second-order valence-electron chi connectivity index (χ2n) is 20.6. The van der Waals surface area contributed by atoms with Crippen molar-refractivity contribution in [2.75, 3.05) is 9.80 Å². The van der Waals surface area contributed by atoms with Crippen LogP contribution >= 0.6 is 35.3 Å². The van der Waals surface area contributed by atoms with E-state index >= 15 is 0 Å². The highest BCUT2D eigenvalue weighted by Gasteiger charge is 2.44. The second kappa shape index (κ2) is 15.3. The fourth-order valence-corrected chi connectivity index (χ4v) is 17.3. The van der Waals surface area contributed by atoms with Crippen LogP contribution in [0.2, 0.25) is 0 Å². The van der Waals surface area contributed by atoms with Crippen LogP contribution in [0.25, 0.3) is 32.3 Å². The normalized spacial score (nSPS) is 14.5. The van der Waals surface area contributed by atoms with E-state index in [1.54, 1.807) is 0 Å². The third-order valence-electron chi connectivity index (χ3n) is 16.8. The Kier molecular flexibility index (Phi) is 8.47. The van der Waals surface area contributed by atoms with E-state index in [2.05, 4.69) is 234 Å². The summed E-state index contributed by atoms with van der Waals surface area (Å²) in [6, 6.07) is 84.9. The van der Waals surface area contributed by atoms with E-state index in [4.69, 9.17) is 4.74 Å². The van der Waals surface area contributed by atoms with Crippen LogP contribution < -0.4 is 63.7 Å². The van der Waals surface area contributed by atoms with Gasteiger partial charge in [-0.15, -0.1) is 0 Å². The Morgan fingerprint density at radius 3 is 1.13 bits per heavy atom. The zero-order chi connectivity index (χ0) is 48.6. The Morgan fingerprint density at radius 2 is 0.640 bits per heavy atom. The lowest BCUT2D eigenvalue weighted by Gasteiger charge is -2.41. The Hall–Kier alpha value is -7.94. The van der Waals surface area contributed by atoms with Crippen molar-refractivity contribution < 1.29 is 4.74 Å². The Balaban J connectivity index is 1.01. The van der Waals surface area contributed by atoms with Crippen molar-refractivity contribution >= 4 is 171 Å². The van der Waals surface area contributed by atoms with Gasteiger partial charge in [-0.2, -0.15) is 0 Å². The monoisotopic (exact) mass is 1000 g/mol. The van der Waals surface area contributed by atoms with Crippen LogP contribution in [0.1, 0.15) is 0 Å². The van der Waals surface area contributed by atoms with E-state index in [0.29, 0.717) is 0 Å². The molecule has 0 saturated heterocycles. The van der Waals surface area contributed by atoms with Gasteiger partial charge < -0.3 is 14.5 Å². The molecule has 6 aliphatic heterocycles. The summed E-state index contributed by atoms with van der Waals surface area (Å²) >= 11 is 5.67. The minimum Gasteiger partial charge on any atom is -0.458 e. The lowest BCUT2D eigenvalue weighted by molar-refractivity contribution is 0.487. The summed E-state index contributed by atoms with van der Waals surface area (Å²) in [7, 11) is 0. The van der Waals surface area contributed by atoms with Gasteiger partial charge in [-0.25, -0.2) is 0 Å². The predicted molar refractivity (Wildman–Crippen MR) is 321 cm³/mol. The smallest absolute Gasteiger partial charge is 0.253 e. The van der Waals surface area contributed by atoms with E-state index < -0.39 is 0 Å². The molecule has 0 aromatic heterocycles. The number of nitrogens with zero attached hydrogens (tertiary/aromatic N) is 2. The Bertz CT molecular complexity index is 4550. The first kappa shape index (κ1) is 41.4. The summed E-state index contributed by atoms with van der Waals surface area (Å²) in [6.07, 6.45) is 0. The SMILES string of the molecule is c1ccc(N2c3cc4c(cc3B3c5ccccc5Sc5cccc2c53)c2cc3c(cc2c2cc5c(cc24)N(c2ccccc2)c2cccc4c2B5c2ccccc2S4)B2c4ccccc4Sc4cccc(c42)O3)cc1. The molecule has 0 spiro atoms. The molecule has 0 amide bonds. The molecule has 0 bridgehead atoms. The Labute approximate surface area is 447 Å². The average Bonchev–Trinajstić information content (AvgIpc) is 3.50. The van der Waals surface area contributed by atoms with Gasteiger partial charge in [0, 0.05) is 63.5 Å². The number of ether oxygens (including phenoxy) is 1. The minimum atomic E-state index is 0.0320. The lowest BCUT2D eigenvalue weighted by Crippen LogP contribution is -2.59. The lowest BCUT2D eigenvalue weighted by atomic mass is 9.34. The molecule has 6 aliphatic rings. The summed E-state index contributed by atoms with van der Waals surface area (Å²) in [5.74, 6) is 1.88. The van der Waals surface area contributed by atoms with Crippen LogP contribution in [0.5, 0.6) is 11.5 Å². The molecule has 0 atom stereocenters. The van der Waals surface area contributed by atoms with Crippen molar-refractivity contribution in [3.63, 3.8) is 0 Å². The third-order valence-corrected chi connectivity index (χ3v) is 20.3. The number of rotatable bonds is 2. The summed E-state index contributed by atoms with van der Waals surface area (Å²) in [5, 5.41) is 7.41. The van der Waals surface area contributed by atoms with Crippen molar-refractivity contribution in [1.29, 1.82) is 0 Å². The molecule has 12 aromatic rings. The van der Waals surface area contributed by atoms with Gasteiger partial charge in [0.15, 0.2) is 0 Å².